The lowest BCUT2D eigenvalue weighted by Crippen LogP contribution is -2.62. The molecule has 1 heterocycles. The number of carboxylic acid groups (broad SMARTS) is 1. The first-order valence-electron chi connectivity index (χ1n) is 16.4. The van der Waals surface area contributed by atoms with Crippen LogP contribution in [0.3, 0.4) is 0 Å². The average Bonchev–Trinajstić information content (AvgIpc) is 2.92. The third-order valence-corrected chi connectivity index (χ3v) is 8.17. The van der Waals surface area contributed by atoms with Crippen molar-refractivity contribution in [1.82, 2.24) is 10.6 Å². The summed E-state index contributed by atoms with van der Waals surface area (Å²) in [6.45, 7) is 2.89. The molecule has 0 saturated carbocycles. The Bertz CT molecular complexity index is 735. The van der Waals surface area contributed by atoms with Crippen molar-refractivity contribution in [2.75, 3.05) is 27.7 Å². The lowest BCUT2D eigenvalue weighted by Gasteiger charge is -2.38. The topological polar surface area (TPSA) is 169 Å². The number of quaternary nitrogens is 1. The molecule has 0 aromatic carbocycles. The summed E-state index contributed by atoms with van der Waals surface area (Å²) in [7, 11) is 5.64. The van der Waals surface area contributed by atoms with Crippen molar-refractivity contribution in [3.05, 3.63) is 0 Å². The molecule has 1 fully saturated rings. The maximum atomic E-state index is 12.8. The highest BCUT2D eigenvalue weighted by Crippen LogP contribution is 2.21. The van der Waals surface area contributed by atoms with Crippen molar-refractivity contribution in [3.8, 4) is 0 Å². The zero-order valence-corrected chi connectivity index (χ0v) is 26.7. The molecule has 0 radical (unpaired) electrons. The SMILES string of the molecule is CCCCCCCC(CCCCCCCCCCCCNC(C(=O)O)[N+](C)(C)C)NC(=O)[C@H]1O[C@H](O)[C@@H](O)[C@@H](O)[C@@H]1O. The maximum absolute atomic E-state index is 12.8. The number of aliphatic hydroxyl groups excluding tert-OH is 4. The number of carboxylic acids is 1. The summed E-state index contributed by atoms with van der Waals surface area (Å²) in [4.78, 5) is 24.2. The van der Waals surface area contributed by atoms with Crippen LogP contribution >= 0.6 is 0 Å². The van der Waals surface area contributed by atoms with Gasteiger partial charge in [0.1, 0.15) is 18.3 Å². The molecular weight excluding hydrogens is 542 g/mol. The van der Waals surface area contributed by atoms with Gasteiger partial charge in [-0.1, -0.05) is 96.8 Å². The summed E-state index contributed by atoms with van der Waals surface area (Å²) in [5.41, 5.74) is 0. The van der Waals surface area contributed by atoms with Gasteiger partial charge < -0.3 is 40.1 Å². The van der Waals surface area contributed by atoms with Crippen molar-refractivity contribution < 1.29 is 44.3 Å². The van der Waals surface area contributed by atoms with Crippen LogP contribution in [0.5, 0.6) is 0 Å². The van der Waals surface area contributed by atoms with E-state index in [1.54, 1.807) is 0 Å². The second kappa shape index (κ2) is 21.4. The van der Waals surface area contributed by atoms with Gasteiger partial charge in [-0.2, -0.15) is 0 Å². The maximum Gasteiger partial charge on any atom is 0.379 e. The molecule has 1 aliphatic rings. The minimum Gasteiger partial charge on any atom is -0.476 e. The van der Waals surface area contributed by atoms with Gasteiger partial charge in [-0.3, -0.25) is 10.1 Å². The molecule has 11 nitrogen and oxygen atoms in total. The second-order valence-corrected chi connectivity index (χ2v) is 13.0. The molecule has 0 aromatic heterocycles. The van der Waals surface area contributed by atoms with E-state index < -0.39 is 48.7 Å². The molecule has 248 valence electrons. The summed E-state index contributed by atoms with van der Waals surface area (Å²) in [6.07, 6.45) is 9.82. The fourth-order valence-electron chi connectivity index (χ4n) is 5.51. The Morgan fingerprint density at radius 1 is 0.714 bits per heavy atom. The number of hydrogen-bond acceptors (Lipinski definition) is 8. The highest BCUT2D eigenvalue weighted by molar-refractivity contribution is 5.82. The van der Waals surface area contributed by atoms with Crippen molar-refractivity contribution in [2.24, 2.45) is 0 Å². The van der Waals surface area contributed by atoms with E-state index in [4.69, 9.17) is 4.74 Å². The van der Waals surface area contributed by atoms with E-state index in [1.165, 1.54) is 32.1 Å². The number of rotatable bonds is 24. The van der Waals surface area contributed by atoms with E-state index in [0.29, 0.717) is 11.0 Å². The largest absolute Gasteiger partial charge is 0.476 e. The lowest BCUT2D eigenvalue weighted by atomic mass is 9.96. The van der Waals surface area contributed by atoms with Crippen LogP contribution < -0.4 is 10.6 Å². The molecule has 0 bridgehead atoms. The summed E-state index contributed by atoms with van der Waals surface area (Å²) in [5.74, 6) is -1.39. The highest BCUT2D eigenvalue weighted by atomic mass is 16.6. The predicted molar refractivity (Wildman–Crippen MR) is 162 cm³/mol. The third kappa shape index (κ3) is 15.4. The standard InChI is InChI=1S/C31H61N3O8/c1-5-6-7-14-17-20-23(33-29(38)27-25(36)24(35)26(37)31(41)42-27)21-18-15-12-10-8-9-11-13-16-19-22-32-28(30(39)40)34(2,3)4/h23-28,31-32,35-37,41H,5-22H2,1-4H3,(H-,33,38,39,40)/p+1/t23?,24-,25-,26-,27-,28?,31-/m0/s1. The quantitative estimate of drug-likeness (QED) is 0.0497. The molecule has 7 atom stereocenters. The fraction of sp³-hybridized carbons (Fsp3) is 0.935. The van der Waals surface area contributed by atoms with Crippen molar-refractivity contribution in [1.29, 1.82) is 0 Å². The van der Waals surface area contributed by atoms with Gasteiger partial charge in [0.2, 0.25) is 6.17 Å². The van der Waals surface area contributed by atoms with Gasteiger partial charge in [-0.05, 0) is 19.3 Å². The Labute approximate surface area is 253 Å². The number of carbonyl (C=O) groups is 2. The van der Waals surface area contributed by atoms with Crippen LogP contribution in [0.15, 0.2) is 0 Å². The number of nitrogens with zero attached hydrogens (tertiary/aromatic N) is 1. The second-order valence-electron chi connectivity index (χ2n) is 13.0. The number of likely N-dealkylation sites (N-methyl/N-ethyl adjacent to an activating group) is 1. The first kappa shape index (κ1) is 38.7. The number of amides is 1. The van der Waals surface area contributed by atoms with Gasteiger partial charge in [-0.15, -0.1) is 0 Å². The lowest BCUT2D eigenvalue weighted by molar-refractivity contribution is -0.890. The molecule has 2 unspecified atom stereocenters. The van der Waals surface area contributed by atoms with E-state index in [0.717, 1.165) is 77.0 Å². The summed E-state index contributed by atoms with van der Waals surface area (Å²) in [5, 5.41) is 55.1. The normalized spacial score (nSPS) is 24.3. The first-order valence-corrected chi connectivity index (χ1v) is 16.4. The molecule has 1 amide bonds. The van der Waals surface area contributed by atoms with Gasteiger partial charge in [0.05, 0.1) is 21.1 Å². The van der Waals surface area contributed by atoms with E-state index in [2.05, 4.69) is 17.6 Å². The Balaban J connectivity index is 2.26. The molecule has 0 aliphatic carbocycles. The van der Waals surface area contributed by atoms with Crippen LogP contribution in [0.25, 0.3) is 0 Å². The molecule has 1 saturated heterocycles. The number of ether oxygens (including phenoxy) is 1. The number of unbranched alkanes of at least 4 members (excludes halogenated alkanes) is 13. The molecule has 1 rings (SSSR count). The Morgan fingerprint density at radius 3 is 1.67 bits per heavy atom. The van der Waals surface area contributed by atoms with Gasteiger partial charge >= 0.3 is 5.97 Å². The molecule has 11 heteroatoms. The van der Waals surface area contributed by atoms with Crippen LogP contribution in [-0.4, -0.2) is 112 Å². The minimum atomic E-state index is -1.73. The zero-order chi connectivity index (χ0) is 31.5. The zero-order valence-electron chi connectivity index (χ0n) is 26.7. The Morgan fingerprint density at radius 2 is 1.19 bits per heavy atom. The Kier molecular flexibility index (Phi) is 19.7. The number of aliphatic carboxylic acids is 1. The van der Waals surface area contributed by atoms with Crippen LogP contribution in [0.2, 0.25) is 0 Å². The van der Waals surface area contributed by atoms with Gasteiger partial charge in [0.15, 0.2) is 12.4 Å². The molecule has 1 aliphatic heterocycles. The molecular formula is C31H62N3O8+. The highest BCUT2D eigenvalue weighted by Gasteiger charge is 2.46. The average molecular weight is 605 g/mol. The smallest absolute Gasteiger partial charge is 0.379 e. The molecule has 0 spiro atoms. The fourth-order valence-corrected chi connectivity index (χ4v) is 5.51. The molecule has 7 N–H and O–H groups in total. The number of nitrogens with one attached hydrogen (secondary N) is 2. The number of carbonyl (C=O) groups excluding carboxylic acids is 1. The van der Waals surface area contributed by atoms with Crippen LogP contribution in [0.4, 0.5) is 0 Å². The van der Waals surface area contributed by atoms with Crippen LogP contribution in [-0.2, 0) is 14.3 Å². The van der Waals surface area contributed by atoms with Gasteiger partial charge in [0, 0.05) is 12.6 Å². The summed E-state index contributed by atoms with van der Waals surface area (Å²) in [6, 6.07) is -0.0707. The third-order valence-electron chi connectivity index (χ3n) is 8.17. The minimum absolute atomic E-state index is 0.0707. The predicted octanol–water partition coefficient (Wildman–Crippen LogP) is 2.63. The van der Waals surface area contributed by atoms with Gasteiger partial charge in [-0.25, -0.2) is 4.79 Å². The number of hydrogen-bond donors (Lipinski definition) is 7. The summed E-state index contributed by atoms with van der Waals surface area (Å²) < 4.78 is 5.46. The van der Waals surface area contributed by atoms with E-state index in [1.807, 2.05) is 21.1 Å². The van der Waals surface area contributed by atoms with Crippen molar-refractivity contribution in [3.63, 3.8) is 0 Å². The van der Waals surface area contributed by atoms with E-state index in [9.17, 15) is 35.1 Å². The van der Waals surface area contributed by atoms with Crippen molar-refractivity contribution >= 4 is 11.9 Å². The molecule has 42 heavy (non-hydrogen) atoms. The molecule has 0 aromatic rings. The monoisotopic (exact) mass is 604 g/mol. The van der Waals surface area contributed by atoms with Gasteiger partial charge in [0.25, 0.3) is 5.91 Å². The van der Waals surface area contributed by atoms with Crippen LogP contribution in [0.1, 0.15) is 116 Å². The van der Waals surface area contributed by atoms with Crippen molar-refractivity contribution in [2.45, 2.75) is 159 Å². The van der Waals surface area contributed by atoms with E-state index in [-0.39, 0.29) is 6.04 Å². The van der Waals surface area contributed by atoms with E-state index >= 15 is 0 Å². The summed E-state index contributed by atoms with van der Waals surface area (Å²) >= 11 is 0. The first-order chi connectivity index (χ1) is 19.9. The van der Waals surface area contributed by atoms with Crippen LogP contribution in [0, 0.1) is 0 Å². The number of aliphatic hydroxyl groups is 4. The Hall–Kier alpha value is -1.34.